The van der Waals surface area contributed by atoms with E-state index in [1.807, 2.05) is 20.5 Å². The van der Waals surface area contributed by atoms with Crippen molar-refractivity contribution in [2.24, 2.45) is 0 Å². The van der Waals surface area contributed by atoms with Crippen LogP contribution in [0.5, 0.6) is 5.88 Å². The SMILES string of the molecule is C=O.C=O.CCn1cc(N2C[C@H](CNC(=O)C(C)(C)O)OC3=CCC(NC(=O)OC(C)(C)C(F)(F)F)C=C32)c(OCCO)n1. The van der Waals surface area contributed by atoms with Gasteiger partial charge in [-0.2, -0.15) is 13.2 Å². The summed E-state index contributed by atoms with van der Waals surface area (Å²) in [5.74, 6) is 0.0452. The maximum absolute atomic E-state index is 13.2. The average molecular weight is 636 g/mol. The van der Waals surface area contributed by atoms with Crippen LogP contribution in [0.4, 0.5) is 23.7 Å². The molecule has 17 heteroatoms. The maximum atomic E-state index is 13.2. The predicted octanol–water partition coefficient (Wildman–Crippen LogP) is 1.60. The fourth-order valence-electron chi connectivity index (χ4n) is 3.84. The number of amides is 2. The van der Waals surface area contributed by atoms with E-state index >= 15 is 0 Å². The Morgan fingerprint density at radius 2 is 1.82 bits per heavy atom. The first-order chi connectivity index (χ1) is 20.6. The zero-order chi connectivity index (χ0) is 33.9. The number of hydrogen-bond donors (Lipinski definition) is 4. The largest absolute Gasteiger partial charge is 0.485 e. The lowest BCUT2D eigenvalue weighted by atomic mass is 10.0. The molecule has 4 N–H and O–H groups in total. The second-order valence-electron chi connectivity index (χ2n) is 10.4. The Bertz CT molecular complexity index is 1180. The van der Waals surface area contributed by atoms with E-state index in [9.17, 15) is 33.0 Å². The van der Waals surface area contributed by atoms with Gasteiger partial charge in [0.15, 0.2) is 0 Å². The number of carbonyl (C=O) groups excluding carboxylic acids is 4. The number of aliphatic hydroxyl groups excluding tert-OH is 1. The highest BCUT2D eigenvalue weighted by Gasteiger charge is 2.51. The number of aryl methyl sites for hydroxylation is 1. The topological polar surface area (TPSA) is 182 Å². The molecule has 0 spiro atoms. The van der Waals surface area contributed by atoms with Crippen LogP contribution >= 0.6 is 0 Å². The van der Waals surface area contributed by atoms with Gasteiger partial charge in [-0.1, -0.05) is 0 Å². The van der Waals surface area contributed by atoms with Gasteiger partial charge in [0.1, 0.15) is 43.3 Å². The molecule has 248 valence electrons. The molecule has 1 fully saturated rings. The molecule has 0 bridgehead atoms. The quantitative estimate of drug-likeness (QED) is 0.293. The summed E-state index contributed by atoms with van der Waals surface area (Å²) >= 11 is 0. The van der Waals surface area contributed by atoms with Crippen molar-refractivity contribution in [2.75, 3.05) is 31.2 Å². The van der Waals surface area contributed by atoms with Crippen LogP contribution in [0.2, 0.25) is 0 Å². The fourth-order valence-corrected chi connectivity index (χ4v) is 3.84. The van der Waals surface area contributed by atoms with Crippen molar-refractivity contribution in [3.05, 3.63) is 29.8 Å². The first kappa shape index (κ1) is 37.9. The van der Waals surface area contributed by atoms with Crippen LogP contribution in [-0.4, -0.2) is 101 Å². The lowest BCUT2D eigenvalue weighted by Crippen LogP contribution is -2.51. The number of ether oxygens (including phenoxy) is 3. The number of aromatic nitrogens is 2. The summed E-state index contributed by atoms with van der Waals surface area (Å²) in [5.41, 5.74) is -3.28. The summed E-state index contributed by atoms with van der Waals surface area (Å²) in [6.07, 6.45) is -1.35. The molecule has 2 atom stereocenters. The molecule has 2 heterocycles. The van der Waals surface area contributed by atoms with Crippen LogP contribution in [0.3, 0.4) is 0 Å². The molecule has 1 aliphatic heterocycles. The number of anilines is 1. The average Bonchev–Trinajstić information content (AvgIpc) is 3.38. The van der Waals surface area contributed by atoms with Crippen molar-refractivity contribution in [3.63, 3.8) is 0 Å². The van der Waals surface area contributed by atoms with Gasteiger partial charge in [-0.05, 0) is 53.2 Å². The van der Waals surface area contributed by atoms with Gasteiger partial charge in [0.2, 0.25) is 5.60 Å². The number of fused-ring (bicyclic) bond motifs is 1. The van der Waals surface area contributed by atoms with Gasteiger partial charge in [-0.25, -0.2) is 4.79 Å². The maximum Gasteiger partial charge on any atom is 0.427 e. The van der Waals surface area contributed by atoms with Crippen molar-refractivity contribution in [1.29, 1.82) is 0 Å². The van der Waals surface area contributed by atoms with E-state index in [0.29, 0.717) is 23.7 Å². The standard InChI is InChI=1S/C25H36F3N5O7.2CH2O/c1-6-32-14-18(20(31-32)38-10-9-34)33-13-16(12-29-21(35)23(2,3)37)39-19-8-7-15(11-17(19)33)30-22(36)40-24(4,5)25(26,27)28;2*1-2/h8,11,14-16,34,37H,6-7,9-10,12-13H2,1-5H3,(H,29,35)(H,30,36);2*1H2/t15?,16-;;/m0../s1. The van der Waals surface area contributed by atoms with E-state index in [2.05, 4.69) is 20.5 Å². The van der Waals surface area contributed by atoms with Gasteiger partial charge >= 0.3 is 12.3 Å². The van der Waals surface area contributed by atoms with Crippen LogP contribution in [0.25, 0.3) is 0 Å². The Hall–Kier alpha value is -4.12. The van der Waals surface area contributed by atoms with E-state index in [0.717, 1.165) is 13.8 Å². The number of carbonyl (C=O) groups is 4. The van der Waals surface area contributed by atoms with Crippen molar-refractivity contribution < 1.29 is 56.8 Å². The summed E-state index contributed by atoms with van der Waals surface area (Å²) < 4.78 is 57.6. The minimum Gasteiger partial charge on any atom is -0.485 e. The molecular weight excluding hydrogens is 595 g/mol. The molecule has 1 aliphatic carbocycles. The van der Waals surface area contributed by atoms with Crippen molar-refractivity contribution in [1.82, 2.24) is 20.4 Å². The molecule has 0 saturated carbocycles. The number of hydrogen-bond acceptors (Lipinski definition) is 11. The van der Waals surface area contributed by atoms with Gasteiger partial charge < -0.3 is 49.5 Å². The summed E-state index contributed by atoms with van der Waals surface area (Å²) in [6.45, 7) is 10.6. The van der Waals surface area contributed by atoms with Gasteiger partial charge in [0.05, 0.1) is 37.6 Å². The lowest BCUT2D eigenvalue weighted by Gasteiger charge is -2.40. The molecular formula is C27H40F3N5O9. The van der Waals surface area contributed by atoms with Crippen LogP contribution < -0.4 is 20.3 Å². The number of halogens is 3. The number of aliphatic hydroxyl groups is 2. The lowest BCUT2D eigenvalue weighted by molar-refractivity contribution is -0.244. The monoisotopic (exact) mass is 635 g/mol. The highest BCUT2D eigenvalue weighted by Crippen LogP contribution is 2.38. The molecule has 44 heavy (non-hydrogen) atoms. The fraction of sp³-hybridized carbons (Fsp3) is 0.593. The van der Waals surface area contributed by atoms with E-state index in [1.165, 1.54) is 13.8 Å². The van der Waals surface area contributed by atoms with Gasteiger partial charge in [0.25, 0.3) is 11.8 Å². The summed E-state index contributed by atoms with van der Waals surface area (Å²) in [7, 11) is 0. The van der Waals surface area contributed by atoms with Gasteiger partial charge in [-0.3, -0.25) is 9.48 Å². The molecule has 3 rings (SSSR count). The van der Waals surface area contributed by atoms with Crippen molar-refractivity contribution in [3.8, 4) is 5.88 Å². The molecule has 14 nitrogen and oxygen atoms in total. The van der Waals surface area contributed by atoms with E-state index in [1.54, 1.807) is 27.9 Å². The molecule has 2 aliphatic rings. The molecule has 1 unspecified atom stereocenters. The molecule has 0 aromatic carbocycles. The third-order valence-electron chi connectivity index (χ3n) is 6.17. The van der Waals surface area contributed by atoms with E-state index < -0.39 is 41.5 Å². The smallest absolute Gasteiger partial charge is 0.427 e. The van der Waals surface area contributed by atoms with E-state index in [-0.39, 0.29) is 38.6 Å². The van der Waals surface area contributed by atoms with Gasteiger partial charge in [0, 0.05) is 6.54 Å². The molecule has 2 amide bonds. The summed E-state index contributed by atoms with van der Waals surface area (Å²) in [6, 6.07) is -0.726. The Labute approximate surface area is 252 Å². The number of morpholine rings is 1. The third-order valence-corrected chi connectivity index (χ3v) is 6.17. The first-order valence-electron chi connectivity index (χ1n) is 13.4. The van der Waals surface area contributed by atoms with Gasteiger partial charge in [-0.15, -0.1) is 5.10 Å². The third kappa shape index (κ3) is 9.97. The Morgan fingerprint density at radius 3 is 2.36 bits per heavy atom. The minimum atomic E-state index is -4.75. The van der Waals surface area contributed by atoms with Crippen molar-refractivity contribution in [2.45, 2.75) is 77.1 Å². The number of nitrogens with zero attached hydrogens (tertiary/aromatic N) is 3. The molecule has 0 radical (unpaired) electrons. The zero-order valence-corrected chi connectivity index (χ0v) is 25.3. The van der Waals surface area contributed by atoms with Crippen LogP contribution in [0.15, 0.2) is 29.8 Å². The van der Waals surface area contributed by atoms with Crippen LogP contribution in [0, 0.1) is 0 Å². The van der Waals surface area contributed by atoms with Crippen molar-refractivity contribution >= 4 is 31.3 Å². The number of nitrogens with one attached hydrogen (secondary N) is 2. The Kier molecular flexibility index (Phi) is 13.9. The number of alkyl carbamates (subject to hydrolysis) is 1. The highest BCUT2D eigenvalue weighted by atomic mass is 19.4. The number of rotatable bonds is 10. The first-order valence-corrected chi connectivity index (χ1v) is 13.4. The Balaban J connectivity index is 0.00000232. The number of alkyl halides is 3. The second-order valence-corrected chi connectivity index (χ2v) is 10.4. The summed E-state index contributed by atoms with van der Waals surface area (Å²) in [4.78, 5) is 42.4. The minimum absolute atomic E-state index is 0.0180. The highest BCUT2D eigenvalue weighted by molar-refractivity contribution is 5.83. The van der Waals surface area contributed by atoms with Crippen LogP contribution in [0.1, 0.15) is 41.0 Å². The van der Waals surface area contributed by atoms with Crippen LogP contribution in [-0.2, 0) is 30.4 Å². The summed E-state index contributed by atoms with van der Waals surface area (Å²) in [5, 5.41) is 28.7. The Morgan fingerprint density at radius 1 is 1.18 bits per heavy atom. The molecule has 1 aromatic rings. The molecule has 1 saturated heterocycles. The normalized spacial score (nSPS) is 18.0. The predicted molar refractivity (Wildman–Crippen MR) is 151 cm³/mol. The second kappa shape index (κ2) is 16.1. The van der Waals surface area contributed by atoms with E-state index in [4.69, 9.17) is 19.1 Å². The zero-order valence-electron chi connectivity index (χ0n) is 25.3. The molecule has 1 aromatic heterocycles.